The zero-order valence-electron chi connectivity index (χ0n) is 17.7. The van der Waals surface area contributed by atoms with E-state index in [4.69, 9.17) is 16.3 Å². The Kier molecular flexibility index (Phi) is 10.9. The van der Waals surface area contributed by atoms with Gasteiger partial charge in [0.25, 0.3) is 5.91 Å². The van der Waals surface area contributed by atoms with Crippen LogP contribution in [0.25, 0.3) is 0 Å². The molecule has 0 atom stereocenters. The predicted molar refractivity (Wildman–Crippen MR) is 136 cm³/mol. The van der Waals surface area contributed by atoms with Gasteiger partial charge in [0.15, 0.2) is 12.6 Å². The van der Waals surface area contributed by atoms with Gasteiger partial charge in [-0.3, -0.25) is 4.79 Å². The summed E-state index contributed by atoms with van der Waals surface area (Å²) in [5.41, 5.74) is 2.12. The van der Waals surface area contributed by atoms with Crippen LogP contribution in [0.5, 0.6) is 5.75 Å². The van der Waals surface area contributed by atoms with Crippen LogP contribution in [0.1, 0.15) is 30.9 Å². The second-order valence-electron chi connectivity index (χ2n) is 7.24. The van der Waals surface area contributed by atoms with E-state index in [2.05, 4.69) is 20.9 Å². The Morgan fingerprint density at radius 3 is 2.71 bits per heavy atom. The topological polar surface area (TPSA) is 74.8 Å². The highest BCUT2D eigenvalue weighted by atomic mass is 127. The second-order valence-corrected chi connectivity index (χ2v) is 7.65. The van der Waals surface area contributed by atoms with Crippen LogP contribution >= 0.6 is 35.6 Å². The summed E-state index contributed by atoms with van der Waals surface area (Å²) >= 11 is 6.22. The lowest BCUT2D eigenvalue weighted by atomic mass is 10.1. The molecule has 2 aromatic carbocycles. The highest BCUT2D eigenvalue weighted by molar-refractivity contribution is 14.0. The lowest BCUT2D eigenvalue weighted by Crippen LogP contribution is -2.38. The fraction of sp³-hybridized carbons (Fsp3) is 0.391. The Bertz CT molecular complexity index is 874. The minimum absolute atomic E-state index is 0. The number of guanidine groups is 1. The molecular formula is C23H30ClIN4O2. The third-order valence-corrected chi connectivity index (χ3v) is 4.99. The summed E-state index contributed by atoms with van der Waals surface area (Å²) < 4.78 is 5.61. The molecule has 0 bridgehead atoms. The van der Waals surface area contributed by atoms with Crippen LogP contribution in [0.15, 0.2) is 53.5 Å². The number of nitrogens with zero attached hydrogens (tertiary/aromatic N) is 1. The summed E-state index contributed by atoms with van der Waals surface area (Å²) in [6.07, 6.45) is 2.95. The zero-order chi connectivity index (χ0) is 21.2. The van der Waals surface area contributed by atoms with Gasteiger partial charge in [0, 0.05) is 24.2 Å². The van der Waals surface area contributed by atoms with Crippen molar-refractivity contribution in [3.05, 3.63) is 64.7 Å². The molecule has 0 aliphatic heterocycles. The van der Waals surface area contributed by atoms with Gasteiger partial charge in [-0.15, -0.1) is 24.0 Å². The lowest BCUT2D eigenvalue weighted by Gasteiger charge is -2.12. The molecule has 1 aliphatic carbocycles. The number of amides is 1. The smallest absolute Gasteiger partial charge is 0.258 e. The van der Waals surface area contributed by atoms with Crippen molar-refractivity contribution in [2.75, 3.05) is 19.7 Å². The minimum atomic E-state index is -0.0712. The van der Waals surface area contributed by atoms with Crippen LogP contribution < -0.4 is 20.7 Å². The van der Waals surface area contributed by atoms with Gasteiger partial charge in [-0.25, -0.2) is 4.99 Å². The van der Waals surface area contributed by atoms with Crippen molar-refractivity contribution in [1.29, 1.82) is 0 Å². The third-order valence-electron chi connectivity index (χ3n) is 4.62. The molecule has 0 unspecified atom stereocenters. The van der Waals surface area contributed by atoms with Crippen LogP contribution in [0.4, 0.5) is 0 Å². The lowest BCUT2D eigenvalue weighted by molar-refractivity contribution is -0.123. The van der Waals surface area contributed by atoms with Crippen molar-refractivity contribution in [1.82, 2.24) is 16.0 Å². The standard InChI is InChI=1S/C23H29ClN4O2.HI/c1-2-25-23(26-13-12-18-7-3-4-9-21(18)24)27-15-17-6-5-8-20(14-17)30-16-22(29)28-19-10-11-19;/h3-9,14,19H,2,10-13,15-16H2,1H3,(H,28,29)(H2,25,26,27);1H. The van der Waals surface area contributed by atoms with Gasteiger partial charge in [0.1, 0.15) is 5.75 Å². The molecule has 1 fully saturated rings. The van der Waals surface area contributed by atoms with E-state index in [0.717, 1.165) is 54.5 Å². The number of hydrogen-bond donors (Lipinski definition) is 3. The monoisotopic (exact) mass is 556 g/mol. The van der Waals surface area contributed by atoms with E-state index >= 15 is 0 Å². The number of nitrogens with one attached hydrogen (secondary N) is 3. The molecule has 168 valence electrons. The Balaban J connectivity index is 0.00000341. The van der Waals surface area contributed by atoms with Crippen LogP contribution in [-0.2, 0) is 17.8 Å². The van der Waals surface area contributed by atoms with Gasteiger partial charge in [-0.2, -0.15) is 0 Å². The van der Waals surface area contributed by atoms with E-state index in [-0.39, 0.29) is 36.5 Å². The summed E-state index contributed by atoms with van der Waals surface area (Å²) in [7, 11) is 0. The number of aliphatic imine (C=N–C) groups is 1. The van der Waals surface area contributed by atoms with Crippen molar-refractivity contribution in [2.24, 2.45) is 4.99 Å². The molecule has 2 aromatic rings. The van der Waals surface area contributed by atoms with Gasteiger partial charge < -0.3 is 20.7 Å². The molecule has 3 N–H and O–H groups in total. The SMILES string of the molecule is CCNC(=NCc1cccc(OCC(=O)NC2CC2)c1)NCCc1ccccc1Cl.I. The fourth-order valence-electron chi connectivity index (χ4n) is 2.91. The molecule has 3 rings (SSSR count). The highest BCUT2D eigenvalue weighted by Gasteiger charge is 2.23. The van der Waals surface area contributed by atoms with E-state index in [1.165, 1.54) is 0 Å². The number of benzene rings is 2. The summed E-state index contributed by atoms with van der Waals surface area (Å²) in [5, 5.41) is 10.3. The fourth-order valence-corrected chi connectivity index (χ4v) is 3.14. The summed E-state index contributed by atoms with van der Waals surface area (Å²) in [4.78, 5) is 16.4. The zero-order valence-corrected chi connectivity index (χ0v) is 20.8. The first-order chi connectivity index (χ1) is 14.6. The Labute approximate surface area is 206 Å². The Hall–Kier alpha value is -2.00. The van der Waals surface area contributed by atoms with Crippen LogP contribution in [0.3, 0.4) is 0 Å². The van der Waals surface area contributed by atoms with Crippen LogP contribution in [0, 0.1) is 0 Å². The van der Waals surface area contributed by atoms with E-state index < -0.39 is 0 Å². The number of ether oxygens (including phenoxy) is 1. The Morgan fingerprint density at radius 2 is 1.97 bits per heavy atom. The molecule has 31 heavy (non-hydrogen) atoms. The van der Waals surface area contributed by atoms with Crippen molar-refractivity contribution in [3.63, 3.8) is 0 Å². The average molecular weight is 557 g/mol. The molecular weight excluding hydrogens is 527 g/mol. The van der Waals surface area contributed by atoms with E-state index in [9.17, 15) is 4.79 Å². The summed E-state index contributed by atoms with van der Waals surface area (Å²) in [6, 6.07) is 15.9. The number of carbonyl (C=O) groups is 1. The van der Waals surface area contributed by atoms with Crippen molar-refractivity contribution in [3.8, 4) is 5.75 Å². The maximum Gasteiger partial charge on any atom is 0.258 e. The van der Waals surface area contributed by atoms with Gasteiger partial charge in [-0.05, 0) is 55.5 Å². The molecule has 1 amide bonds. The van der Waals surface area contributed by atoms with Crippen molar-refractivity contribution in [2.45, 2.75) is 38.8 Å². The van der Waals surface area contributed by atoms with Crippen molar-refractivity contribution < 1.29 is 9.53 Å². The van der Waals surface area contributed by atoms with E-state index in [0.29, 0.717) is 18.3 Å². The van der Waals surface area contributed by atoms with Crippen LogP contribution in [0.2, 0.25) is 5.02 Å². The molecule has 0 radical (unpaired) electrons. The van der Waals surface area contributed by atoms with Gasteiger partial charge >= 0.3 is 0 Å². The predicted octanol–water partition coefficient (Wildman–Crippen LogP) is 3.91. The maximum absolute atomic E-state index is 11.8. The largest absolute Gasteiger partial charge is 0.484 e. The Morgan fingerprint density at radius 1 is 1.16 bits per heavy atom. The molecule has 0 spiro atoms. The first-order valence-electron chi connectivity index (χ1n) is 10.4. The molecule has 8 heteroatoms. The first-order valence-corrected chi connectivity index (χ1v) is 10.8. The number of rotatable bonds is 10. The van der Waals surface area contributed by atoms with E-state index in [1.54, 1.807) is 0 Å². The van der Waals surface area contributed by atoms with Gasteiger partial charge in [0.2, 0.25) is 0 Å². The van der Waals surface area contributed by atoms with Crippen LogP contribution in [-0.4, -0.2) is 37.6 Å². The van der Waals surface area contributed by atoms with Gasteiger partial charge in [0.05, 0.1) is 6.54 Å². The average Bonchev–Trinajstić information content (AvgIpc) is 3.56. The molecule has 0 heterocycles. The minimum Gasteiger partial charge on any atom is -0.484 e. The molecule has 6 nitrogen and oxygen atoms in total. The number of hydrogen-bond acceptors (Lipinski definition) is 3. The quantitative estimate of drug-likeness (QED) is 0.236. The van der Waals surface area contributed by atoms with Crippen molar-refractivity contribution >= 4 is 47.4 Å². The molecule has 0 saturated heterocycles. The summed E-state index contributed by atoms with van der Waals surface area (Å²) in [5.74, 6) is 1.35. The number of halogens is 2. The highest BCUT2D eigenvalue weighted by Crippen LogP contribution is 2.19. The normalized spacial score (nSPS) is 13.2. The maximum atomic E-state index is 11.8. The van der Waals surface area contributed by atoms with E-state index in [1.807, 2.05) is 55.5 Å². The summed E-state index contributed by atoms with van der Waals surface area (Å²) in [6.45, 7) is 4.08. The molecule has 1 saturated carbocycles. The third kappa shape index (κ3) is 9.35. The molecule has 1 aliphatic rings. The first kappa shape index (κ1) is 25.3. The molecule has 0 aromatic heterocycles. The second kappa shape index (κ2) is 13.4. The number of carbonyl (C=O) groups excluding carboxylic acids is 1. The van der Waals surface area contributed by atoms with Gasteiger partial charge in [-0.1, -0.05) is 41.9 Å².